The number of hydrogen-bond donors (Lipinski definition) is 2. The minimum absolute atomic E-state index is 0.127. The molecule has 3 nitrogen and oxygen atoms in total. The van der Waals surface area contributed by atoms with Gasteiger partial charge in [0.15, 0.2) is 0 Å². The van der Waals surface area contributed by atoms with E-state index in [-0.39, 0.29) is 5.91 Å². The molecule has 20 heavy (non-hydrogen) atoms. The van der Waals surface area contributed by atoms with E-state index in [1.165, 1.54) is 4.90 Å². The van der Waals surface area contributed by atoms with E-state index >= 15 is 0 Å². The van der Waals surface area contributed by atoms with E-state index in [4.69, 9.17) is 0 Å². The Balaban J connectivity index is 1.81. The highest BCUT2D eigenvalue weighted by Crippen LogP contribution is 2.19. The Kier molecular flexibility index (Phi) is 3.48. The van der Waals surface area contributed by atoms with E-state index in [1.54, 1.807) is 11.8 Å². The van der Waals surface area contributed by atoms with Crippen molar-refractivity contribution in [1.82, 2.24) is 4.98 Å². The summed E-state index contributed by atoms with van der Waals surface area (Å²) in [4.78, 5) is 16.5. The lowest BCUT2D eigenvalue weighted by molar-refractivity contribution is 0.102. The van der Waals surface area contributed by atoms with Crippen molar-refractivity contribution in [2.75, 3.05) is 11.6 Å². The predicted octanol–water partition coefficient (Wildman–Crippen LogP) is 4.14. The highest BCUT2D eigenvalue weighted by atomic mass is 32.2. The number of benzene rings is 2. The standard InChI is InChI=1S/C16H14N2OS/c1-20-13-8-6-12(7-9-13)17-16(19)15-10-11-4-2-3-5-14(11)18-15/h2-10,18H,1H3,(H,17,19). The third kappa shape index (κ3) is 2.56. The molecule has 3 aromatic rings. The predicted molar refractivity (Wildman–Crippen MR) is 84.5 cm³/mol. The molecule has 0 spiro atoms. The zero-order valence-electron chi connectivity index (χ0n) is 11.0. The Bertz CT molecular complexity index is 714. The van der Waals surface area contributed by atoms with Crippen LogP contribution in [0.3, 0.4) is 0 Å². The molecule has 1 aromatic heterocycles. The van der Waals surface area contributed by atoms with Gasteiger partial charge >= 0.3 is 0 Å². The highest BCUT2D eigenvalue weighted by Gasteiger charge is 2.09. The number of thioether (sulfide) groups is 1. The summed E-state index contributed by atoms with van der Waals surface area (Å²) in [6.45, 7) is 0. The summed E-state index contributed by atoms with van der Waals surface area (Å²) < 4.78 is 0. The molecule has 1 amide bonds. The number of hydrogen-bond acceptors (Lipinski definition) is 2. The summed E-state index contributed by atoms with van der Waals surface area (Å²) in [5, 5.41) is 3.93. The van der Waals surface area contributed by atoms with Crippen LogP contribution in [0.5, 0.6) is 0 Å². The fourth-order valence-corrected chi connectivity index (χ4v) is 2.48. The van der Waals surface area contributed by atoms with Crippen molar-refractivity contribution in [3.8, 4) is 0 Å². The minimum atomic E-state index is -0.127. The molecule has 0 bridgehead atoms. The Hall–Kier alpha value is -2.20. The van der Waals surface area contributed by atoms with Crippen molar-refractivity contribution in [1.29, 1.82) is 0 Å². The van der Waals surface area contributed by atoms with E-state index in [2.05, 4.69) is 10.3 Å². The third-order valence-electron chi connectivity index (χ3n) is 3.12. The van der Waals surface area contributed by atoms with Crippen LogP contribution in [0.1, 0.15) is 10.5 Å². The lowest BCUT2D eigenvalue weighted by Crippen LogP contribution is -2.11. The van der Waals surface area contributed by atoms with Crippen molar-refractivity contribution in [3.63, 3.8) is 0 Å². The van der Waals surface area contributed by atoms with Crippen LogP contribution in [0.4, 0.5) is 5.69 Å². The second kappa shape index (κ2) is 5.43. The molecule has 3 rings (SSSR count). The molecule has 0 saturated heterocycles. The number of H-pyrrole nitrogens is 1. The first-order valence-corrected chi connectivity index (χ1v) is 7.52. The first-order valence-electron chi connectivity index (χ1n) is 6.29. The van der Waals surface area contributed by atoms with E-state index in [9.17, 15) is 4.79 Å². The van der Waals surface area contributed by atoms with Gasteiger partial charge < -0.3 is 10.3 Å². The normalized spacial score (nSPS) is 10.7. The van der Waals surface area contributed by atoms with E-state index in [1.807, 2.05) is 60.9 Å². The van der Waals surface area contributed by atoms with Gasteiger partial charge in [0.1, 0.15) is 5.69 Å². The Morgan fingerprint density at radius 1 is 1.10 bits per heavy atom. The molecule has 0 unspecified atom stereocenters. The van der Waals surface area contributed by atoms with Crippen molar-refractivity contribution in [2.24, 2.45) is 0 Å². The molecule has 2 N–H and O–H groups in total. The number of aromatic nitrogens is 1. The first kappa shape index (κ1) is 12.8. The average molecular weight is 282 g/mol. The van der Waals surface area contributed by atoms with Crippen LogP contribution in [-0.4, -0.2) is 17.1 Å². The van der Waals surface area contributed by atoms with E-state index < -0.39 is 0 Å². The number of amides is 1. The molecule has 0 aliphatic heterocycles. The lowest BCUT2D eigenvalue weighted by atomic mass is 10.2. The van der Waals surface area contributed by atoms with E-state index in [0.717, 1.165) is 16.6 Å². The van der Waals surface area contributed by atoms with Crippen LogP contribution in [0.15, 0.2) is 59.5 Å². The molecule has 2 aromatic carbocycles. The molecule has 0 aliphatic carbocycles. The summed E-state index contributed by atoms with van der Waals surface area (Å²) in [5.41, 5.74) is 2.34. The van der Waals surface area contributed by atoms with Gasteiger partial charge in [0.05, 0.1) is 0 Å². The Labute approximate surface area is 121 Å². The van der Waals surface area contributed by atoms with Gasteiger partial charge in [-0.3, -0.25) is 4.79 Å². The molecule has 100 valence electrons. The summed E-state index contributed by atoms with van der Waals surface area (Å²) in [6, 6.07) is 17.5. The van der Waals surface area contributed by atoms with Gasteiger partial charge in [-0.25, -0.2) is 0 Å². The van der Waals surface area contributed by atoms with Crippen molar-refractivity contribution < 1.29 is 4.79 Å². The van der Waals surface area contributed by atoms with Gasteiger partial charge in [0.25, 0.3) is 5.91 Å². The number of aromatic amines is 1. The first-order chi connectivity index (χ1) is 9.76. The molecule has 0 atom stereocenters. The van der Waals surface area contributed by atoms with Crippen molar-refractivity contribution >= 4 is 34.3 Å². The second-order valence-electron chi connectivity index (χ2n) is 4.45. The summed E-state index contributed by atoms with van der Waals surface area (Å²) in [5.74, 6) is -0.127. The summed E-state index contributed by atoms with van der Waals surface area (Å²) >= 11 is 1.68. The second-order valence-corrected chi connectivity index (χ2v) is 5.33. The van der Waals surface area contributed by atoms with Crippen LogP contribution in [0.2, 0.25) is 0 Å². The van der Waals surface area contributed by atoms with Crippen molar-refractivity contribution in [3.05, 3.63) is 60.3 Å². The quantitative estimate of drug-likeness (QED) is 0.709. The van der Waals surface area contributed by atoms with Gasteiger partial charge in [-0.2, -0.15) is 0 Å². The number of anilines is 1. The zero-order chi connectivity index (χ0) is 13.9. The fraction of sp³-hybridized carbons (Fsp3) is 0.0625. The molecule has 0 fully saturated rings. The number of fused-ring (bicyclic) bond motifs is 1. The monoisotopic (exact) mass is 282 g/mol. The van der Waals surface area contributed by atoms with Gasteiger partial charge in [0, 0.05) is 21.5 Å². The fourth-order valence-electron chi connectivity index (χ4n) is 2.07. The number of rotatable bonds is 3. The van der Waals surface area contributed by atoms with Crippen LogP contribution in [0, 0.1) is 0 Å². The van der Waals surface area contributed by atoms with Crippen LogP contribution in [0.25, 0.3) is 10.9 Å². The number of nitrogens with one attached hydrogen (secondary N) is 2. The van der Waals surface area contributed by atoms with Gasteiger partial charge in [0.2, 0.25) is 0 Å². The highest BCUT2D eigenvalue weighted by molar-refractivity contribution is 7.98. The van der Waals surface area contributed by atoms with Gasteiger partial charge in [-0.1, -0.05) is 18.2 Å². The topological polar surface area (TPSA) is 44.9 Å². The van der Waals surface area contributed by atoms with Gasteiger partial charge in [-0.15, -0.1) is 11.8 Å². The molecular weight excluding hydrogens is 268 g/mol. The molecule has 4 heteroatoms. The maximum Gasteiger partial charge on any atom is 0.272 e. The van der Waals surface area contributed by atoms with Crippen LogP contribution in [-0.2, 0) is 0 Å². The smallest absolute Gasteiger partial charge is 0.272 e. The maximum atomic E-state index is 12.2. The van der Waals surface area contributed by atoms with Crippen molar-refractivity contribution in [2.45, 2.75) is 4.90 Å². The number of para-hydroxylation sites is 1. The average Bonchev–Trinajstić information content (AvgIpc) is 2.92. The Morgan fingerprint density at radius 3 is 2.55 bits per heavy atom. The van der Waals surface area contributed by atoms with Crippen LogP contribution < -0.4 is 5.32 Å². The van der Waals surface area contributed by atoms with Gasteiger partial charge in [-0.05, 0) is 42.7 Å². The molecule has 0 aliphatic rings. The minimum Gasteiger partial charge on any atom is -0.351 e. The largest absolute Gasteiger partial charge is 0.351 e. The maximum absolute atomic E-state index is 12.2. The summed E-state index contributed by atoms with van der Waals surface area (Å²) in [7, 11) is 0. The zero-order valence-corrected chi connectivity index (χ0v) is 11.8. The molecule has 0 saturated carbocycles. The third-order valence-corrected chi connectivity index (χ3v) is 3.87. The van der Waals surface area contributed by atoms with Crippen LogP contribution >= 0.6 is 11.8 Å². The molecule has 0 radical (unpaired) electrons. The number of carbonyl (C=O) groups excluding carboxylic acids is 1. The summed E-state index contributed by atoms with van der Waals surface area (Å²) in [6.07, 6.45) is 2.03. The Morgan fingerprint density at radius 2 is 1.85 bits per heavy atom. The lowest BCUT2D eigenvalue weighted by Gasteiger charge is -2.04. The molecular formula is C16H14N2OS. The molecule has 1 heterocycles. The van der Waals surface area contributed by atoms with E-state index in [0.29, 0.717) is 5.69 Å². The number of carbonyl (C=O) groups is 1. The SMILES string of the molecule is CSc1ccc(NC(=O)c2cc3ccccc3[nH]2)cc1.